The van der Waals surface area contributed by atoms with E-state index < -0.39 is 11.4 Å². The molecule has 1 aromatic heterocycles. The van der Waals surface area contributed by atoms with Gasteiger partial charge in [-0.2, -0.15) is 5.10 Å². The van der Waals surface area contributed by atoms with Crippen LogP contribution in [-0.2, 0) is 11.3 Å². The van der Waals surface area contributed by atoms with Gasteiger partial charge >= 0.3 is 5.97 Å². The van der Waals surface area contributed by atoms with Crippen LogP contribution in [0.25, 0.3) is 5.69 Å². The molecule has 2 aromatic rings. The molecule has 0 unspecified atom stereocenters. The van der Waals surface area contributed by atoms with Crippen LogP contribution in [0.2, 0.25) is 0 Å². The van der Waals surface area contributed by atoms with E-state index >= 15 is 0 Å². The number of nitrogens with one attached hydrogen (secondary N) is 1. The SMILES string of the molecule is CCC(CC)(CNCc1cnn(-c2ccccc2)c1)C(=O)O. The quantitative estimate of drug-likeness (QED) is 0.787. The van der Waals surface area contributed by atoms with Gasteiger partial charge in [-0.25, -0.2) is 4.68 Å². The van der Waals surface area contributed by atoms with Crippen molar-refractivity contribution in [1.29, 1.82) is 0 Å². The lowest BCUT2D eigenvalue weighted by molar-refractivity contribution is -0.149. The molecule has 0 saturated carbocycles. The number of benzene rings is 1. The Kier molecular flexibility index (Phi) is 5.33. The van der Waals surface area contributed by atoms with Crippen LogP contribution in [0.3, 0.4) is 0 Å². The van der Waals surface area contributed by atoms with Crippen molar-refractivity contribution in [2.75, 3.05) is 6.54 Å². The third-order valence-corrected chi connectivity index (χ3v) is 4.26. The Bertz CT molecular complexity index is 603. The van der Waals surface area contributed by atoms with Gasteiger partial charge in [-0.3, -0.25) is 4.79 Å². The zero-order valence-corrected chi connectivity index (χ0v) is 13.1. The molecule has 5 nitrogen and oxygen atoms in total. The second kappa shape index (κ2) is 7.22. The minimum atomic E-state index is -0.731. The largest absolute Gasteiger partial charge is 0.481 e. The highest BCUT2D eigenvalue weighted by molar-refractivity contribution is 5.74. The van der Waals surface area contributed by atoms with Gasteiger partial charge in [-0.1, -0.05) is 32.0 Å². The Morgan fingerprint density at radius 1 is 1.27 bits per heavy atom. The van der Waals surface area contributed by atoms with Crippen LogP contribution in [0.5, 0.6) is 0 Å². The average molecular weight is 301 g/mol. The van der Waals surface area contributed by atoms with Crippen LogP contribution in [0, 0.1) is 5.41 Å². The first-order valence-corrected chi connectivity index (χ1v) is 7.64. The van der Waals surface area contributed by atoms with Gasteiger partial charge in [0.1, 0.15) is 0 Å². The second-order valence-electron chi connectivity index (χ2n) is 5.52. The fourth-order valence-electron chi connectivity index (χ4n) is 2.50. The van der Waals surface area contributed by atoms with E-state index in [0.717, 1.165) is 11.3 Å². The number of hydrogen-bond acceptors (Lipinski definition) is 3. The van der Waals surface area contributed by atoms with E-state index in [1.54, 1.807) is 6.20 Å². The number of rotatable bonds is 8. The molecule has 2 rings (SSSR count). The monoisotopic (exact) mass is 301 g/mol. The van der Waals surface area contributed by atoms with E-state index in [0.29, 0.717) is 25.9 Å². The van der Waals surface area contributed by atoms with E-state index in [4.69, 9.17) is 0 Å². The van der Waals surface area contributed by atoms with Crippen molar-refractivity contribution < 1.29 is 9.90 Å². The summed E-state index contributed by atoms with van der Waals surface area (Å²) in [6.07, 6.45) is 5.01. The summed E-state index contributed by atoms with van der Waals surface area (Å²) in [6.45, 7) is 4.92. The Morgan fingerprint density at radius 3 is 2.55 bits per heavy atom. The van der Waals surface area contributed by atoms with Gasteiger partial charge in [0.2, 0.25) is 0 Å². The molecule has 0 aliphatic rings. The van der Waals surface area contributed by atoms with Gasteiger partial charge in [0.15, 0.2) is 0 Å². The van der Waals surface area contributed by atoms with Crippen LogP contribution in [-0.4, -0.2) is 27.4 Å². The minimum Gasteiger partial charge on any atom is -0.481 e. The summed E-state index contributed by atoms with van der Waals surface area (Å²) in [5.74, 6) is -0.731. The molecular formula is C17H23N3O2. The van der Waals surface area contributed by atoms with Crippen molar-refractivity contribution in [3.63, 3.8) is 0 Å². The van der Waals surface area contributed by atoms with Gasteiger partial charge in [0.25, 0.3) is 0 Å². The molecule has 118 valence electrons. The number of hydrogen-bond donors (Lipinski definition) is 2. The van der Waals surface area contributed by atoms with Crippen molar-refractivity contribution in [2.24, 2.45) is 5.41 Å². The van der Waals surface area contributed by atoms with E-state index in [1.807, 2.05) is 55.1 Å². The minimum absolute atomic E-state index is 0.464. The zero-order chi connectivity index (χ0) is 16.0. The van der Waals surface area contributed by atoms with Gasteiger partial charge in [0.05, 0.1) is 17.3 Å². The van der Waals surface area contributed by atoms with Crippen molar-refractivity contribution in [3.8, 4) is 5.69 Å². The molecule has 0 spiro atoms. The molecule has 22 heavy (non-hydrogen) atoms. The predicted octanol–water partition coefficient (Wildman–Crippen LogP) is 2.85. The smallest absolute Gasteiger partial charge is 0.310 e. The van der Waals surface area contributed by atoms with Gasteiger partial charge in [-0.05, 0) is 25.0 Å². The molecule has 0 saturated heterocycles. The zero-order valence-electron chi connectivity index (χ0n) is 13.1. The highest BCUT2D eigenvalue weighted by atomic mass is 16.4. The Balaban J connectivity index is 1.96. The van der Waals surface area contributed by atoms with E-state index in [2.05, 4.69) is 10.4 Å². The maximum atomic E-state index is 11.5. The second-order valence-corrected chi connectivity index (χ2v) is 5.52. The Hall–Kier alpha value is -2.14. The van der Waals surface area contributed by atoms with Crippen LogP contribution in [0.1, 0.15) is 32.3 Å². The molecule has 0 fully saturated rings. The van der Waals surface area contributed by atoms with E-state index in [9.17, 15) is 9.90 Å². The molecule has 5 heteroatoms. The Morgan fingerprint density at radius 2 is 1.95 bits per heavy atom. The normalized spacial score (nSPS) is 11.5. The molecule has 2 N–H and O–H groups in total. The molecule has 1 aromatic carbocycles. The van der Waals surface area contributed by atoms with Crippen molar-refractivity contribution >= 4 is 5.97 Å². The summed E-state index contributed by atoms with van der Waals surface area (Å²) in [7, 11) is 0. The van der Waals surface area contributed by atoms with E-state index in [1.165, 1.54) is 0 Å². The van der Waals surface area contributed by atoms with Gasteiger partial charge in [-0.15, -0.1) is 0 Å². The van der Waals surface area contributed by atoms with Crippen LogP contribution >= 0.6 is 0 Å². The van der Waals surface area contributed by atoms with Crippen molar-refractivity contribution in [2.45, 2.75) is 33.2 Å². The molecular weight excluding hydrogens is 278 g/mol. The summed E-state index contributed by atoms with van der Waals surface area (Å²) in [5, 5.41) is 17.0. The summed E-state index contributed by atoms with van der Waals surface area (Å²) in [4.78, 5) is 11.5. The molecule has 1 heterocycles. The van der Waals surface area contributed by atoms with Gasteiger partial charge in [0, 0.05) is 24.8 Å². The summed E-state index contributed by atoms with van der Waals surface area (Å²) in [6, 6.07) is 9.90. The number of carbonyl (C=O) groups is 1. The first-order chi connectivity index (χ1) is 10.6. The third-order valence-electron chi connectivity index (χ3n) is 4.26. The standard InChI is InChI=1S/C17H23N3O2/c1-3-17(4-2,16(21)22)13-18-10-14-11-19-20(12-14)15-8-6-5-7-9-15/h5-9,11-12,18H,3-4,10,13H2,1-2H3,(H,21,22). The maximum Gasteiger partial charge on any atom is 0.310 e. The van der Waals surface area contributed by atoms with Crippen molar-refractivity contribution in [1.82, 2.24) is 15.1 Å². The first kappa shape index (κ1) is 16.2. The highest BCUT2D eigenvalue weighted by Gasteiger charge is 2.34. The highest BCUT2D eigenvalue weighted by Crippen LogP contribution is 2.25. The van der Waals surface area contributed by atoms with E-state index in [-0.39, 0.29) is 0 Å². The summed E-state index contributed by atoms with van der Waals surface area (Å²) >= 11 is 0. The van der Waals surface area contributed by atoms with Crippen LogP contribution in [0.4, 0.5) is 0 Å². The molecule has 0 amide bonds. The topological polar surface area (TPSA) is 67.2 Å². The fraction of sp³-hybridized carbons (Fsp3) is 0.412. The molecule has 0 bridgehead atoms. The number of carboxylic acid groups (broad SMARTS) is 1. The van der Waals surface area contributed by atoms with Gasteiger partial charge < -0.3 is 10.4 Å². The molecule has 0 atom stereocenters. The fourth-order valence-corrected chi connectivity index (χ4v) is 2.50. The summed E-state index contributed by atoms with van der Waals surface area (Å²) < 4.78 is 1.82. The average Bonchev–Trinajstić information content (AvgIpc) is 3.01. The van der Waals surface area contributed by atoms with Crippen LogP contribution < -0.4 is 5.32 Å². The molecule has 0 aliphatic carbocycles. The number of carboxylic acids is 1. The molecule has 0 radical (unpaired) electrons. The summed E-state index contributed by atoms with van der Waals surface area (Å²) in [5.41, 5.74) is 1.36. The van der Waals surface area contributed by atoms with Crippen molar-refractivity contribution in [3.05, 3.63) is 48.3 Å². The lowest BCUT2D eigenvalue weighted by atomic mass is 9.82. The number of nitrogens with zero attached hydrogens (tertiary/aromatic N) is 2. The number of aliphatic carboxylic acids is 1. The lowest BCUT2D eigenvalue weighted by Crippen LogP contribution is -2.39. The number of aromatic nitrogens is 2. The Labute approximate surface area is 131 Å². The van der Waals surface area contributed by atoms with Crippen LogP contribution in [0.15, 0.2) is 42.7 Å². The lowest BCUT2D eigenvalue weighted by Gasteiger charge is -2.26. The maximum absolute atomic E-state index is 11.5. The first-order valence-electron chi connectivity index (χ1n) is 7.64. The molecule has 0 aliphatic heterocycles. The number of para-hydroxylation sites is 1. The third kappa shape index (κ3) is 3.54. The predicted molar refractivity (Wildman–Crippen MR) is 85.9 cm³/mol.